The molecule has 130 valence electrons. The van der Waals surface area contributed by atoms with E-state index in [-0.39, 0.29) is 11.8 Å². The van der Waals surface area contributed by atoms with Crippen molar-refractivity contribution in [1.82, 2.24) is 4.98 Å². The van der Waals surface area contributed by atoms with Gasteiger partial charge in [-0.2, -0.15) is 0 Å². The van der Waals surface area contributed by atoms with E-state index >= 15 is 0 Å². The zero-order chi connectivity index (χ0) is 18.5. The molecule has 6 heteroatoms. The van der Waals surface area contributed by atoms with Crippen LogP contribution >= 0.6 is 22.6 Å². The third kappa shape index (κ3) is 3.32. The Morgan fingerprint density at radius 1 is 0.923 bits per heavy atom. The standard InChI is InChI=1S/C19H13N3O2.CH3I/c23-18-14-5-1-3-7-16(14)22(17-8-4-2-6-15(17)21-18)19(24)13-9-11-20-12-10-13;1-2/h1-12H,(H,21,23);1H3. The third-order valence-corrected chi connectivity index (χ3v) is 3.91. The largest absolute Gasteiger partial charge is 0.320 e. The van der Waals surface area contributed by atoms with Crippen molar-refractivity contribution < 1.29 is 9.59 Å². The van der Waals surface area contributed by atoms with Crippen molar-refractivity contribution in [2.24, 2.45) is 0 Å². The van der Waals surface area contributed by atoms with E-state index in [0.717, 1.165) is 0 Å². The average Bonchev–Trinajstić information content (AvgIpc) is 2.84. The number of anilines is 3. The first kappa shape index (κ1) is 18.1. The normalized spacial score (nSPS) is 11.9. The Morgan fingerprint density at radius 2 is 1.54 bits per heavy atom. The highest BCUT2D eigenvalue weighted by Gasteiger charge is 2.29. The molecule has 5 nitrogen and oxygen atoms in total. The van der Waals surface area contributed by atoms with Crippen molar-refractivity contribution in [3.05, 3.63) is 84.2 Å². The lowest BCUT2D eigenvalue weighted by molar-refractivity contribution is 0.0999. The molecule has 0 saturated heterocycles. The van der Waals surface area contributed by atoms with Gasteiger partial charge in [0.1, 0.15) is 0 Å². The molecule has 0 saturated carbocycles. The number of hydrogen-bond acceptors (Lipinski definition) is 3. The minimum absolute atomic E-state index is 0.214. The van der Waals surface area contributed by atoms with Gasteiger partial charge in [0, 0.05) is 18.0 Å². The van der Waals surface area contributed by atoms with Crippen LogP contribution in [0, 0.1) is 0 Å². The first-order valence-electron chi connectivity index (χ1n) is 7.87. The third-order valence-electron chi connectivity index (χ3n) is 3.91. The fourth-order valence-corrected chi connectivity index (χ4v) is 2.80. The molecule has 1 aromatic heterocycles. The van der Waals surface area contributed by atoms with Crippen LogP contribution in [0.1, 0.15) is 20.7 Å². The van der Waals surface area contributed by atoms with Gasteiger partial charge in [-0.05, 0) is 41.3 Å². The molecule has 26 heavy (non-hydrogen) atoms. The fraction of sp³-hybridized carbons (Fsp3) is 0.0500. The topological polar surface area (TPSA) is 62.3 Å². The molecule has 0 fully saturated rings. The van der Waals surface area contributed by atoms with E-state index in [2.05, 4.69) is 32.9 Å². The first-order valence-corrected chi connectivity index (χ1v) is 10.0. The van der Waals surface area contributed by atoms with Crippen LogP contribution in [-0.2, 0) is 0 Å². The lowest BCUT2D eigenvalue weighted by Crippen LogP contribution is -2.26. The van der Waals surface area contributed by atoms with E-state index in [1.807, 2.05) is 29.2 Å². The minimum Gasteiger partial charge on any atom is -0.320 e. The summed E-state index contributed by atoms with van der Waals surface area (Å²) in [5, 5.41) is 2.87. The quantitative estimate of drug-likeness (QED) is 0.427. The summed E-state index contributed by atoms with van der Waals surface area (Å²) in [4.78, 5) is 33.1. The molecule has 2 aromatic carbocycles. The molecule has 0 bridgehead atoms. The lowest BCUT2D eigenvalue weighted by Gasteiger charge is -2.24. The monoisotopic (exact) mass is 457 g/mol. The van der Waals surface area contributed by atoms with Crippen molar-refractivity contribution in [3.63, 3.8) is 0 Å². The highest BCUT2D eigenvalue weighted by atomic mass is 127. The van der Waals surface area contributed by atoms with E-state index in [1.165, 1.54) is 0 Å². The maximum atomic E-state index is 13.1. The number of pyridine rings is 1. The zero-order valence-corrected chi connectivity index (χ0v) is 16.2. The summed E-state index contributed by atoms with van der Waals surface area (Å²) in [6, 6.07) is 17.7. The molecule has 1 aliphatic rings. The van der Waals surface area contributed by atoms with Gasteiger partial charge in [0.25, 0.3) is 11.8 Å². The van der Waals surface area contributed by atoms with Gasteiger partial charge in [-0.1, -0.05) is 46.9 Å². The van der Waals surface area contributed by atoms with Gasteiger partial charge in [-0.3, -0.25) is 19.5 Å². The second-order valence-corrected chi connectivity index (χ2v) is 5.36. The van der Waals surface area contributed by atoms with E-state index in [4.69, 9.17) is 0 Å². The number of para-hydroxylation sites is 3. The Labute approximate surface area is 165 Å². The van der Waals surface area contributed by atoms with Crippen molar-refractivity contribution >= 4 is 51.5 Å². The Morgan fingerprint density at radius 3 is 2.27 bits per heavy atom. The highest BCUT2D eigenvalue weighted by molar-refractivity contribution is 14.1. The predicted octanol–water partition coefficient (Wildman–Crippen LogP) is 4.68. The van der Waals surface area contributed by atoms with Crippen LogP contribution < -0.4 is 10.2 Å². The number of nitrogens with one attached hydrogen (secondary N) is 1. The van der Waals surface area contributed by atoms with Gasteiger partial charge in [-0.25, -0.2) is 0 Å². The van der Waals surface area contributed by atoms with Crippen LogP contribution in [0.4, 0.5) is 17.1 Å². The average molecular weight is 457 g/mol. The van der Waals surface area contributed by atoms with E-state index < -0.39 is 0 Å². The number of rotatable bonds is 1. The summed E-state index contributed by atoms with van der Waals surface area (Å²) in [5.41, 5.74) is 2.75. The van der Waals surface area contributed by atoms with Crippen LogP contribution in [0.2, 0.25) is 0 Å². The van der Waals surface area contributed by atoms with Crippen LogP contribution in [0.15, 0.2) is 73.1 Å². The number of aromatic nitrogens is 1. The van der Waals surface area contributed by atoms with Crippen LogP contribution in [-0.4, -0.2) is 21.7 Å². The number of halogens is 1. The summed E-state index contributed by atoms with van der Waals surface area (Å²) < 4.78 is 0. The number of carbonyl (C=O) groups excluding carboxylic acids is 2. The molecule has 2 heterocycles. The van der Waals surface area contributed by atoms with Crippen molar-refractivity contribution in [1.29, 1.82) is 0 Å². The zero-order valence-electron chi connectivity index (χ0n) is 14.0. The second kappa shape index (κ2) is 8.09. The molecule has 0 unspecified atom stereocenters. The van der Waals surface area contributed by atoms with Gasteiger partial charge < -0.3 is 5.32 Å². The number of benzene rings is 2. The molecule has 0 aliphatic carbocycles. The molecular weight excluding hydrogens is 441 g/mol. The number of carbonyl (C=O) groups is 2. The highest BCUT2D eigenvalue weighted by Crippen LogP contribution is 2.38. The summed E-state index contributed by atoms with van der Waals surface area (Å²) in [6.07, 6.45) is 3.15. The maximum absolute atomic E-state index is 13.1. The van der Waals surface area contributed by atoms with Crippen LogP contribution in [0.5, 0.6) is 0 Å². The maximum Gasteiger partial charge on any atom is 0.263 e. The first-order chi connectivity index (χ1) is 12.8. The number of nitrogens with zero attached hydrogens (tertiary/aromatic N) is 2. The van der Waals surface area contributed by atoms with Crippen LogP contribution in [0.25, 0.3) is 0 Å². The number of fused-ring (bicyclic) bond motifs is 2. The van der Waals surface area contributed by atoms with E-state index in [1.54, 1.807) is 53.7 Å². The molecule has 1 N–H and O–H groups in total. The molecule has 0 atom stereocenters. The van der Waals surface area contributed by atoms with Gasteiger partial charge in [0.15, 0.2) is 0 Å². The summed E-state index contributed by atoms with van der Waals surface area (Å²) >= 11 is 2.15. The molecule has 4 rings (SSSR count). The van der Waals surface area contributed by atoms with E-state index in [0.29, 0.717) is 28.2 Å². The second-order valence-electron chi connectivity index (χ2n) is 5.36. The number of hydrogen-bond donors (Lipinski definition) is 1. The van der Waals surface area contributed by atoms with Crippen molar-refractivity contribution in [2.75, 3.05) is 15.1 Å². The Hall–Kier alpha value is -2.74. The Bertz CT molecular complexity index is 945. The minimum atomic E-state index is -0.233. The molecule has 1 aliphatic heterocycles. The van der Waals surface area contributed by atoms with Gasteiger partial charge in [0.05, 0.1) is 22.6 Å². The number of alkyl halides is 1. The van der Waals surface area contributed by atoms with Crippen LogP contribution in [0.3, 0.4) is 0 Å². The molecule has 0 radical (unpaired) electrons. The summed E-state index contributed by atoms with van der Waals surface area (Å²) in [7, 11) is 0. The molecule has 0 spiro atoms. The van der Waals surface area contributed by atoms with Gasteiger partial charge in [0.2, 0.25) is 0 Å². The molecular formula is C20H16IN3O2. The number of amides is 2. The molecule has 2 amide bonds. The lowest BCUT2D eigenvalue weighted by atomic mass is 10.1. The SMILES string of the molecule is CI.O=C1Nc2ccccc2N(C(=O)c2ccncc2)c2ccccc21. The predicted molar refractivity (Wildman–Crippen MR) is 111 cm³/mol. The Kier molecular flexibility index (Phi) is 5.62. The summed E-state index contributed by atoms with van der Waals surface area (Å²) in [5.74, 6) is -0.447. The van der Waals surface area contributed by atoms with E-state index in [9.17, 15) is 9.59 Å². The molecule has 3 aromatic rings. The van der Waals surface area contributed by atoms with Crippen molar-refractivity contribution in [2.45, 2.75) is 0 Å². The smallest absolute Gasteiger partial charge is 0.263 e. The van der Waals surface area contributed by atoms with Crippen molar-refractivity contribution in [3.8, 4) is 0 Å². The summed E-state index contributed by atoms with van der Waals surface area (Å²) in [6.45, 7) is 0. The van der Waals surface area contributed by atoms with Gasteiger partial charge >= 0.3 is 0 Å². The Balaban J connectivity index is 0.000000948. The fourth-order valence-electron chi connectivity index (χ4n) is 2.80. The van der Waals surface area contributed by atoms with Gasteiger partial charge in [-0.15, -0.1) is 0 Å².